The number of nitrogens with zero attached hydrogens (tertiary/aromatic N) is 2. The van der Waals surface area contributed by atoms with E-state index in [0.29, 0.717) is 11.3 Å². The molecule has 1 heterocycles. The summed E-state index contributed by atoms with van der Waals surface area (Å²) in [6.07, 6.45) is 1.38. The zero-order chi connectivity index (χ0) is 15.4. The number of carboxylic acid groups (broad SMARTS) is 1. The van der Waals surface area contributed by atoms with E-state index in [1.165, 1.54) is 30.1 Å². The molecule has 0 saturated carbocycles. The van der Waals surface area contributed by atoms with Crippen LogP contribution in [0.25, 0.3) is 0 Å². The third-order valence-corrected chi connectivity index (χ3v) is 2.98. The predicted molar refractivity (Wildman–Crippen MR) is 71.3 cm³/mol. The van der Waals surface area contributed by atoms with Crippen LogP contribution in [0.1, 0.15) is 27.2 Å². The molecule has 0 amide bonds. The Bertz CT molecular complexity index is 654. The Kier molecular flexibility index (Phi) is 4.66. The van der Waals surface area contributed by atoms with Crippen molar-refractivity contribution >= 4 is 5.97 Å². The van der Waals surface area contributed by atoms with Gasteiger partial charge in [0.1, 0.15) is 17.1 Å². The highest BCUT2D eigenvalue weighted by Crippen LogP contribution is 2.14. The van der Waals surface area contributed by atoms with Gasteiger partial charge in [0.25, 0.3) is 0 Å². The standard InChI is InChI=1S/C14H15FN2O4/c1-21-8-13-11(14(19)20)6-17(16-13)5-9-2-3-10(7-18)12(15)4-9/h2-4,6,18H,5,7-8H2,1H3,(H,19,20). The molecule has 0 radical (unpaired) electrons. The average molecular weight is 294 g/mol. The van der Waals surface area contributed by atoms with Crippen molar-refractivity contribution in [2.75, 3.05) is 7.11 Å². The van der Waals surface area contributed by atoms with Crippen LogP contribution in [0.2, 0.25) is 0 Å². The van der Waals surface area contributed by atoms with Crippen molar-refractivity contribution < 1.29 is 24.1 Å². The van der Waals surface area contributed by atoms with Gasteiger partial charge in [-0.15, -0.1) is 0 Å². The molecular formula is C14H15FN2O4. The first-order valence-electron chi connectivity index (χ1n) is 6.22. The van der Waals surface area contributed by atoms with E-state index in [1.807, 2.05) is 0 Å². The van der Waals surface area contributed by atoms with Gasteiger partial charge in [0.05, 0.1) is 19.8 Å². The molecule has 0 unspecified atom stereocenters. The molecule has 7 heteroatoms. The van der Waals surface area contributed by atoms with E-state index >= 15 is 0 Å². The van der Waals surface area contributed by atoms with Gasteiger partial charge in [-0.2, -0.15) is 5.10 Å². The molecular weight excluding hydrogens is 279 g/mol. The van der Waals surface area contributed by atoms with Crippen LogP contribution >= 0.6 is 0 Å². The first kappa shape index (κ1) is 15.1. The number of aromatic carboxylic acids is 1. The zero-order valence-electron chi connectivity index (χ0n) is 11.4. The highest BCUT2D eigenvalue weighted by molar-refractivity contribution is 5.88. The number of methoxy groups -OCH3 is 1. The van der Waals surface area contributed by atoms with Gasteiger partial charge >= 0.3 is 5.97 Å². The van der Waals surface area contributed by atoms with Crippen molar-refractivity contribution in [3.8, 4) is 0 Å². The Balaban J connectivity index is 2.25. The molecule has 0 aliphatic carbocycles. The van der Waals surface area contributed by atoms with E-state index in [0.717, 1.165) is 0 Å². The Labute approximate surface area is 120 Å². The summed E-state index contributed by atoms with van der Waals surface area (Å²) in [7, 11) is 1.45. The van der Waals surface area contributed by atoms with E-state index in [9.17, 15) is 9.18 Å². The van der Waals surface area contributed by atoms with Crippen LogP contribution in [0.3, 0.4) is 0 Å². The quantitative estimate of drug-likeness (QED) is 0.841. The van der Waals surface area contributed by atoms with Crippen molar-refractivity contribution in [3.05, 3.63) is 52.6 Å². The number of aliphatic hydroxyl groups excluding tert-OH is 1. The van der Waals surface area contributed by atoms with Crippen LogP contribution in [-0.2, 0) is 24.5 Å². The van der Waals surface area contributed by atoms with Crippen molar-refractivity contribution in [2.45, 2.75) is 19.8 Å². The minimum Gasteiger partial charge on any atom is -0.478 e. The number of rotatable bonds is 6. The van der Waals surface area contributed by atoms with Gasteiger partial charge in [0.2, 0.25) is 0 Å². The molecule has 1 aromatic carbocycles. The van der Waals surface area contributed by atoms with Gasteiger partial charge in [0, 0.05) is 18.9 Å². The maximum atomic E-state index is 13.6. The van der Waals surface area contributed by atoms with E-state index < -0.39 is 11.8 Å². The molecule has 2 N–H and O–H groups in total. The average Bonchev–Trinajstić information content (AvgIpc) is 2.82. The van der Waals surface area contributed by atoms with Crippen LogP contribution in [-0.4, -0.2) is 33.1 Å². The molecule has 0 saturated heterocycles. The second-order valence-corrected chi connectivity index (χ2v) is 4.51. The highest BCUT2D eigenvalue weighted by Gasteiger charge is 2.15. The summed E-state index contributed by atoms with van der Waals surface area (Å²) >= 11 is 0. The predicted octanol–water partition coefficient (Wildman–Crippen LogP) is 1.41. The Morgan fingerprint density at radius 2 is 2.24 bits per heavy atom. The molecule has 0 aliphatic rings. The number of carbonyl (C=O) groups is 1. The van der Waals surface area contributed by atoms with E-state index in [4.69, 9.17) is 14.9 Å². The molecule has 0 spiro atoms. The number of aliphatic hydroxyl groups is 1. The number of carboxylic acids is 1. The van der Waals surface area contributed by atoms with E-state index in [1.54, 1.807) is 6.07 Å². The van der Waals surface area contributed by atoms with Gasteiger partial charge in [-0.1, -0.05) is 12.1 Å². The van der Waals surface area contributed by atoms with Crippen LogP contribution in [0, 0.1) is 5.82 Å². The molecule has 1 aromatic heterocycles. The smallest absolute Gasteiger partial charge is 0.339 e. The molecule has 21 heavy (non-hydrogen) atoms. The number of halogens is 1. The lowest BCUT2D eigenvalue weighted by Crippen LogP contribution is -2.03. The highest BCUT2D eigenvalue weighted by atomic mass is 19.1. The fourth-order valence-corrected chi connectivity index (χ4v) is 1.97. The lowest BCUT2D eigenvalue weighted by molar-refractivity contribution is 0.0691. The molecule has 0 bridgehead atoms. The zero-order valence-corrected chi connectivity index (χ0v) is 11.4. The first-order chi connectivity index (χ1) is 10.0. The molecule has 2 aromatic rings. The van der Waals surface area contributed by atoms with Crippen LogP contribution in [0.5, 0.6) is 0 Å². The number of hydrogen-bond donors (Lipinski definition) is 2. The van der Waals surface area contributed by atoms with E-state index in [2.05, 4.69) is 5.10 Å². The lowest BCUT2D eigenvalue weighted by Gasteiger charge is -2.04. The molecule has 0 fully saturated rings. The molecule has 0 aliphatic heterocycles. The maximum absolute atomic E-state index is 13.6. The molecule has 6 nitrogen and oxygen atoms in total. The van der Waals surface area contributed by atoms with Crippen LogP contribution in [0.15, 0.2) is 24.4 Å². The van der Waals surface area contributed by atoms with Gasteiger partial charge in [0.15, 0.2) is 0 Å². The van der Waals surface area contributed by atoms with Crippen LogP contribution < -0.4 is 0 Å². The molecule has 112 valence electrons. The van der Waals surface area contributed by atoms with Crippen LogP contribution in [0.4, 0.5) is 4.39 Å². The van der Waals surface area contributed by atoms with Crippen molar-refractivity contribution in [1.29, 1.82) is 0 Å². The van der Waals surface area contributed by atoms with Gasteiger partial charge in [-0.25, -0.2) is 9.18 Å². The first-order valence-corrected chi connectivity index (χ1v) is 6.22. The van der Waals surface area contributed by atoms with Crippen molar-refractivity contribution in [3.63, 3.8) is 0 Å². The minimum atomic E-state index is -1.09. The summed E-state index contributed by atoms with van der Waals surface area (Å²) in [5.74, 6) is -1.59. The fourth-order valence-electron chi connectivity index (χ4n) is 1.97. The molecule has 0 atom stereocenters. The molecule has 2 rings (SSSR count). The fraction of sp³-hybridized carbons (Fsp3) is 0.286. The summed E-state index contributed by atoms with van der Waals surface area (Å²) in [5.41, 5.74) is 1.21. The topological polar surface area (TPSA) is 84.6 Å². The number of hydrogen-bond acceptors (Lipinski definition) is 4. The second kappa shape index (κ2) is 6.47. The van der Waals surface area contributed by atoms with E-state index in [-0.39, 0.29) is 30.9 Å². The third kappa shape index (κ3) is 3.45. The lowest BCUT2D eigenvalue weighted by atomic mass is 10.1. The summed E-state index contributed by atoms with van der Waals surface area (Å²) in [6.45, 7) is -0.0475. The summed E-state index contributed by atoms with van der Waals surface area (Å²) in [6, 6.07) is 4.44. The number of ether oxygens (including phenoxy) is 1. The van der Waals surface area contributed by atoms with Gasteiger partial charge < -0.3 is 14.9 Å². The Hall–Kier alpha value is -2.25. The summed E-state index contributed by atoms with van der Waals surface area (Å²) < 4.78 is 19.9. The largest absolute Gasteiger partial charge is 0.478 e. The second-order valence-electron chi connectivity index (χ2n) is 4.51. The summed E-state index contributed by atoms with van der Waals surface area (Å²) in [4.78, 5) is 11.1. The third-order valence-electron chi connectivity index (χ3n) is 2.98. The minimum absolute atomic E-state index is 0.0595. The maximum Gasteiger partial charge on any atom is 0.339 e. The normalized spacial score (nSPS) is 10.8. The SMILES string of the molecule is COCc1nn(Cc2ccc(CO)c(F)c2)cc1C(=O)O. The Morgan fingerprint density at radius 3 is 2.81 bits per heavy atom. The van der Waals surface area contributed by atoms with Crippen molar-refractivity contribution in [2.24, 2.45) is 0 Å². The number of aromatic nitrogens is 2. The number of benzene rings is 1. The van der Waals surface area contributed by atoms with Gasteiger partial charge in [-0.05, 0) is 11.6 Å². The summed E-state index contributed by atoms with van der Waals surface area (Å²) in [5, 5.41) is 22.1. The van der Waals surface area contributed by atoms with Crippen molar-refractivity contribution in [1.82, 2.24) is 9.78 Å². The van der Waals surface area contributed by atoms with Gasteiger partial charge in [-0.3, -0.25) is 4.68 Å². The monoisotopic (exact) mass is 294 g/mol. The Morgan fingerprint density at radius 1 is 1.48 bits per heavy atom.